The fourth-order valence-corrected chi connectivity index (χ4v) is 4.68. The third-order valence-electron chi connectivity index (χ3n) is 5.68. The quantitative estimate of drug-likeness (QED) is 0.203. The molecule has 1 N–H and O–H groups in total. The number of thiazole rings is 1. The normalized spacial score (nSPS) is 11.3. The molecule has 5 aromatic rings. The van der Waals surface area contributed by atoms with Crippen LogP contribution in [0, 0.1) is 0 Å². The lowest BCUT2D eigenvalue weighted by Crippen LogP contribution is -2.20. The maximum Gasteiger partial charge on any atom is 0.338 e. The van der Waals surface area contributed by atoms with E-state index in [1.165, 1.54) is 22.1 Å². The van der Waals surface area contributed by atoms with Gasteiger partial charge in [0.1, 0.15) is 0 Å². The van der Waals surface area contributed by atoms with Crippen LogP contribution in [0.25, 0.3) is 27.7 Å². The van der Waals surface area contributed by atoms with Gasteiger partial charge in [-0.2, -0.15) is 0 Å². The van der Waals surface area contributed by atoms with Crippen LogP contribution < -0.4 is 5.56 Å². The molecule has 0 saturated carbocycles. The van der Waals surface area contributed by atoms with Crippen molar-refractivity contribution in [1.29, 1.82) is 0 Å². The lowest BCUT2D eigenvalue weighted by molar-refractivity contribution is 0.0526. The van der Waals surface area contributed by atoms with Crippen LogP contribution >= 0.6 is 22.9 Å². The van der Waals surface area contributed by atoms with Crippen LogP contribution in [-0.4, -0.2) is 33.4 Å². The summed E-state index contributed by atoms with van der Waals surface area (Å²) < 4.78 is 6.22. The van der Waals surface area contributed by atoms with E-state index in [1.807, 2.05) is 17.5 Å². The zero-order valence-corrected chi connectivity index (χ0v) is 21.2. The first-order valence-corrected chi connectivity index (χ1v) is 12.6. The first kappa shape index (κ1) is 24.4. The number of carbonyl (C=O) groups excluding carboxylic acids is 1. The molecule has 3 aromatic carbocycles. The largest absolute Gasteiger partial charge is 0.494 e. The van der Waals surface area contributed by atoms with E-state index in [2.05, 4.69) is 9.98 Å². The number of ether oxygens (including phenoxy) is 1. The molecule has 0 unspecified atom stereocenters. The van der Waals surface area contributed by atoms with E-state index in [0.717, 1.165) is 11.3 Å². The molecule has 0 atom stereocenters. The van der Waals surface area contributed by atoms with Crippen molar-refractivity contribution < 1.29 is 14.6 Å². The second kappa shape index (κ2) is 10.4. The Kier molecular flexibility index (Phi) is 6.85. The average Bonchev–Trinajstić information content (AvgIpc) is 3.39. The Bertz CT molecular complexity index is 1690. The van der Waals surface area contributed by atoms with Crippen LogP contribution in [0.4, 0.5) is 5.13 Å². The number of pyridine rings is 1. The summed E-state index contributed by atoms with van der Waals surface area (Å²) in [6, 6.07) is 20.6. The number of nitrogens with zero attached hydrogens (tertiary/aromatic N) is 3. The van der Waals surface area contributed by atoms with E-state index in [4.69, 9.17) is 16.3 Å². The molecular formula is C28H20ClN3O4S. The summed E-state index contributed by atoms with van der Waals surface area (Å²) in [6.07, 6.45) is 1.51. The van der Waals surface area contributed by atoms with Crippen LogP contribution in [0.3, 0.4) is 0 Å². The summed E-state index contributed by atoms with van der Waals surface area (Å²) >= 11 is 7.33. The van der Waals surface area contributed by atoms with Gasteiger partial charge in [-0.3, -0.25) is 4.79 Å². The van der Waals surface area contributed by atoms with E-state index >= 15 is 0 Å². The highest BCUT2D eigenvalue weighted by Gasteiger charge is 2.17. The fraction of sp³-hybridized carbons (Fsp3) is 0.0714. The SMILES string of the molecule is CCOC(=O)c1ccc(-n2c(O)c(C=Nc3nc(-c4ccc(Cl)cc4)cs3)c3ccccc3c2=O)cc1. The maximum atomic E-state index is 13.3. The number of aromatic nitrogens is 2. The Hall–Kier alpha value is -4.27. The fourth-order valence-electron chi connectivity index (χ4n) is 3.89. The standard InChI is InChI=1S/C28H20ClN3O4S/c1-2-36-27(35)18-9-13-20(14-10-18)32-25(33)22-6-4-3-5-21(22)23(26(32)34)15-30-28-31-24(16-37-28)17-7-11-19(29)12-8-17/h3-16,34H,2H2,1H3. The highest BCUT2D eigenvalue weighted by molar-refractivity contribution is 7.13. The number of benzene rings is 3. The number of carbonyl (C=O) groups is 1. The summed E-state index contributed by atoms with van der Waals surface area (Å²) in [4.78, 5) is 34.4. The minimum Gasteiger partial charge on any atom is -0.494 e. The average molecular weight is 530 g/mol. The lowest BCUT2D eigenvalue weighted by Gasteiger charge is -2.14. The van der Waals surface area contributed by atoms with Gasteiger partial charge >= 0.3 is 5.97 Å². The van der Waals surface area contributed by atoms with Crippen molar-refractivity contribution in [2.45, 2.75) is 6.92 Å². The van der Waals surface area contributed by atoms with Crippen molar-refractivity contribution in [2.75, 3.05) is 6.61 Å². The predicted octanol–water partition coefficient (Wildman–Crippen LogP) is 6.40. The van der Waals surface area contributed by atoms with Crippen molar-refractivity contribution in [3.8, 4) is 22.8 Å². The van der Waals surface area contributed by atoms with Crippen molar-refractivity contribution in [2.24, 2.45) is 4.99 Å². The molecule has 0 radical (unpaired) electrons. The number of aliphatic imine (C=N–C) groups is 1. The minimum absolute atomic E-state index is 0.258. The molecule has 0 aliphatic heterocycles. The second-order valence-electron chi connectivity index (χ2n) is 7.97. The summed E-state index contributed by atoms with van der Waals surface area (Å²) in [7, 11) is 0. The number of hydrogen-bond acceptors (Lipinski definition) is 7. The van der Waals surface area contributed by atoms with E-state index in [9.17, 15) is 14.7 Å². The molecule has 0 saturated heterocycles. The Labute approximate surface area is 220 Å². The predicted molar refractivity (Wildman–Crippen MR) is 147 cm³/mol. The van der Waals surface area contributed by atoms with Crippen molar-refractivity contribution in [3.05, 3.63) is 105 Å². The Morgan fingerprint density at radius 2 is 1.78 bits per heavy atom. The monoisotopic (exact) mass is 529 g/mol. The summed E-state index contributed by atoms with van der Waals surface area (Å²) in [5, 5.41) is 15.2. The van der Waals surface area contributed by atoms with Gasteiger partial charge in [-0.15, -0.1) is 11.3 Å². The minimum atomic E-state index is -0.460. The van der Waals surface area contributed by atoms with Crippen molar-refractivity contribution in [3.63, 3.8) is 0 Å². The molecule has 0 aliphatic carbocycles. The van der Waals surface area contributed by atoms with Crippen molar-refractivity contribution in [1.82, 2.24) is 9.55 Å². The van der Waals surface area contributed by atoms with Crippen LogP contribution in [0.15, 0.2) is 88.0 Å². The van der Waals surface area contributed by atoms with Gasteiger partial charge < -0.3 is 9.84 Å². The van der Waals surface area contributed by atoms with Gasteiger partial charge in [0, 0.05) is 33.0 Å². The second-order valence-corrected chi connectivity index (χ2v) is 9.24. The first-order chi connectivity index (χ1) is 18.0. The van der Waals surface area contributed by atoms with Gasteiger partial charge in [0.15, 0.2) is 0 Å². The number of aromatic hydroxyl groups is 1. The Balaban J connectivity index is 1.56. The molecule has 0 aliphatic rings. The third-order valence-corrected chi connectivity index (χ3v) is 6.68. The van der Waals surface area contributed by atoms with Crippen LogP contribution in [0.1, 0.15) is 22.8 Å². The molecule has 184 valence electrons. The zero-order valence-electron chi connectivity index (χ0n) is 19.6. The van der Waals surface area contributed by atoms with Crippen LogP contribution in [-0.2, 0) is 4.74 Å². The topological polar surface area (TPSA) is 93.8 Å². The molecule has 2 heterocycles. The molecule has 2 aromatic heterocycles. The van der Waals surface area contributed by atoms with Gasteiger partial charge in [-0.05, 0) is 49.4 Å². The summed E-state index contributed by atoms with van der Waals surface area (Å²) in [5.74, 6) is -0.732. The van der Waals surface area contributed by atoms with Gasteiger partial charge in [-0.1, -0.05) is 41.9 Å². The Morgan fingerprint density at radius 1 is 1.08 bits per heavy atom. The Morgan fingerprint density at radius 3 is 2.49 bits per heavy atom. The molecule has 0 bridgehead atoms. The highest BCUT2D eigenvalue weighted by atomic mass is 35.5. The van der Waals surface area contributed by atoms with E-state index < -0.39 is 11.5 Å². The summed E-state index contributed by atoms with van der Waals surface area (Å²) in [5.41, 5.74) is 2.39. The lowest BCUT2D eigenvalue weighted by atomic mass is 10.1. The third kappa shape index (κ3) is 4.89. The summed E-state index contributed by atoms with van der Waals surface area (Å²) in [6.45, 7) is 1.99. The molecule has 9 heteroatoms. The van der Waals surface area contributed by atoms with Crippen LogP contribution in [0.5, 0.6) is 5.88 Å². The maximum absolute atomic E-state index is 13.3. The number of rotatable bonds is 6. The van der Waals surface area contributed by atoms with Crippen LogP contribution in [0.2, 0.25) is 5.02 Å². The van der Waals surface area contributed by atoms with Gasteiger partial charge in [0.05, 0.1) is 29.1 Å². The van der Waals surface area contributed by atoms with E-state index in [1.54, 1.807) is 67.6 Å². The molecule has 0 fully saturated rings. The molecule has 0 amide bonds. The molecular weight excluding hydrogens is 510 g/mol. The van der Waals surface area contributed by atoms with E-state index in [0.29, 0.717) is 37.7 Å². The molecule has 7 nitrogen and oxygen atoms in total. The van der Waals surface area contributed by atoms with Gasteiger partial charge in [0.2, 0.25) is 11.0 Å². The number of hydrogen-bond donors (Lipinski definition) is 1. The highest BCUT2D eigenvalue weighted by Crippen LogP contribution is 2.30. The molecule has 37 heavy (non-hydrogen) atoms. The number of esters is 1. The first-order valence-electron chi connectivity index (χ1n) is 11.4. The molecule has 0 spiro atoms. The van der Waals surface area contributed by atoms with Gasteiger partial charge in [-0.25, -0.2) is 19.3 Å². The number of fused-ring (bicyclic) bond motifs is 1. The van der Waals surface area contributed by atoms with E-state index in [-0.39, 0.29) is 12.5 Å². The molecule has 5 rings (SSSR count). The van der Waals surface area contributed by atoms with Gasteiger partial charge in [0.25, 0.3) is 5.56 Å². The van der Waals surface area contributed by atoms with Crippen molar-refractivity contribution >= 4 is 51.0 Å². The smallest absolute Gasteiger partial charge is 0.338 e. The number of halogens is 1. The zero-order chi connectivity index (χ0) is 25.9.